The van der Waals surface area contributed by atoms with E-state index in [0.717, 1.165) is 11.1 Å². The number of hydrogen-bond acceptors (Lipinski definition) is 4. The van der Waals surface area contributed by atoms with Crippen molar-refractivity contribution in [3.63, 3.8) is 0 Å². The first-order valence-electron chi connectivity index (χ1n) is 11.2. The molecule has 0 radical (unpaired) electrons. The third-order valence-corrected chi connectivity index (χ3v) is 6.37. The number of rotatable bonds is 8. The smallest absolute Gasteiger partial charge is 0.407 e. The molecule has 0 saturated heterocycles. The summed E-state index contributed by atoms with van der Waals surface area (Å²) in [5, 5.41) is 14.5. The molecule has 2 aromatic carbocycles. The highest BCUT2D eigenvalue weighted by molar-refractivity contribution is 5.81. The van der Waals surface area contributed by atoms with E-state index in [2.05, 4.69) is 34.9 Å². The number of hydrogen-bond donors (Lipinski definition) is 3. The second-order valence-electron chi connectivity index (χ2n) is 8.62. The molecule has 7 heteroatoms. The molecular weight excluding hydrogens is 420 g/mol. The first-order chi connectivity index (χ1) is 15.9. The van der Waals surface area contributed by atoms with E-state index in [0.29, 0.717) is 19.4 Å². The van der Waals surface area contributed by atoms with Crippen molar-refractivity contribution in [2.45, 2.75) is 31.7 Å². The molecule has 0 aliphatic heterocycles. The van der Waals surface area contributed by atoms with Crippen molar-refractivity contribution < 1.29 is 24.2 Å². The number of fused-ring (bicyclic) bond motifs is 3. The number of aliphatic carboxylic acids is 1. The number of nitrogens with one attached hydrogen (secondary N) is 2. The Morgan fingerprint density at radius 2 is 1.67 bits per heavy atom. The Bertz CT molecular complexity index is 1030. The Morgan fingerprint density at radius 3 is 2.30 bits per heavy atom. The van der Waals surface area contributed by atoms with Gasteiger partial charge in [-0.05, 0) is 35.1 Å². The molecule has 7 nitrogen and oxygen atoms in total. The van der Waals surface area contributed by atoms with Crippen LogP contribution in [0.1, 0.15) is 36.8 Å². The summed E-state index contributed by atoms with van der Waals surface area (Å²) in [6.45, 7) is 2.15. The van der Waals surface area contributed by atoms with E-state index in [1.54, 1.807) is 19.1 Å². The van der Waals surface area contributed by atoms with Gasteiger partial charge in [-0.15, -0.1) is 0 Å². The van der Waals surface area contributed by atoms with Crippen LogP contribution in [0.3, 0.4) is 0 Å². The number of carboxylic acid groups (broad SMARTS) is 1. The molecule has 3 N–H and O–H groups in total. The summed E-state index contributed by atoms with van der Waals surface area (Å²) in [4.78, 5) is 35.6. The van der Waals surface area contributed by atoms with Crippen molar-refractivity contribution in [2.75, 3.05) is 13.2 Å². The topological polar surface area (TPSA) is 105 Å². The lowest BCUT2D eigenvalue weighted by atomic mass is 9.98. The molecule has 0 heterocycles. The molecule has 2 aliphatic rings. The molecule has 4 rings (SSSR count). The van der Waals surface area contributed by atoms with Crippen molar-refractivity contribution in [1.82, 2.24) is 10.6 Å². The third kappa shape index (κ3) is 5.08. The van der Waals surface area contributed by atoms with E-state index in [9.17, 15) is 14.4 Å². The Balaban J connectivity index is 1.25. The molecule has 2 aromatic rings. The average Bonchev–Trinajstić information content (AvgIpc) is 3.40. The van der Waals surface area contributed by atoms with Crippen LogP contribution in [0, 0.1) is 11.8 Å². The van der Waals surface area contributed by atoms with Crippen LogP contribution < -0.4 is 10.6 Å². The molecule has 172 valence electrons. The predicted octanol–water partition coefficient (Wildman–Crippen LogP) is 3.70. The molecule has 2 aliphatic carbocycles. The SMILES string of the molecule is CC(CCNC(=O)C1C=CC(NC(=O)OCC2c3ccccc3-c3ccccc32)C1)C(=O)O. The molecule has 0 aromatic heterocycles. The van der Waals surface area contributed by atoms with E-state index >= 15 is 0 Å². The fourth-order valence-corrected chi connectivity index (χ4v) is 4.46. The third-order valence-electron chi connectivity index (χ3n) is 6.37. The molecule has 0 fully saturated rings. The molecule has 0 spiro atoms. The zero-order valence-electron chi connectivity index (χ0n) is 18.5. The normalized spacial score (nSPS) is 19.4. The largest absolute Gasteiger partial charge is 0.481 e. The fourth-order valence-electron chi connectivity index (χ4n) is 4.46. The Labute approximate surface area is 192 Å². The molecular formula is C26H28N2O5. The molecule has 2 amide bonds. The molecule has 33 heavy (non-hydrogen) atoms. The summed E-state index contributed by atoms with van der Waals surface area (Å²) in [5.41, 5.74) is 4.65. The first-order valence-corrected chi connectivity index (χ1v) is 11.2. The van der Waals surface area contributed by atoms with E-state index in [1.807, 2.05) is 24.3 Å². The highest BCUT2D eigenvalue weighted by atomic mass is 16.5. The zero-order chi connectivity index (χ0) is 23.4. The summed E-state index contributed by atoms with van der Waals surface area (Å²) in [6.07, 6.45) is 3.88. The summed E-state index contributed by atoms with van der Waals surface area (Å²) in [6, 6.07) is 16.0. The van der Waals surface area contributed by atoms with Gasteiger partial charge < -0.3 is 20.5 Å². The minimum Gasteiger partial charge on any atom is -0.481 e. The maximum Gasteiger partial charge on any atom is 0.407 e. The minimum atomic E-state index is -0.877. The Kier molecular flexibility index (Phi) is 6.77. The number of benzene rings is 2. The molecule has 0 saturated carbocycles. The lowest BCUT2D eigenvalue weighted by Gasteiger charge is -2.17. The van der Waals surface area contributed by atoms with Gasteiger partial charge in [-0.3, -0.25) is 9.59 Å². The van der Waals surface area contributed by atoms with Gasteiger partial charge in [0, 0.05) is 12.5 Å². The zero-order valence-corrected chi connectivity index (χ0v) is 18.5. The van der Waals surface area contributed by atoms with Gasteiger partial charge in [-0.2, -0.15) is 0 Å². The lowest BCUT2D eigenvalue weighted by molar-refractivity contribution is -0.141. The fraction of sp³-hybridized carbons (Fsp3) is 0.346. The van der Waals surface area contributed by atoms with Gasteiger partial charge in [-0.1, -0.05) is 67.6 Å². The number of amides is 2. The van der Waals surface area contributed by atoms with Crippen LogP contribution in [-0.4, -0.2) is 42.3 Å². The molecule has 3 atom stereocenters. The number of ether oxygens (including phenoxy) is 1. The molecule has 0 bridgehead atoms. The second-order valence-corrected chi connectivity index (χ2v) is 8.62. The van der Waals surface area contributed by atoms with Crippen LogP contribution >= 0.6 is 0 Å². The summed E-state index contributed by atoms with van der Waals surface area (Å²) in [7, 11) is 0. The van der Waals surface area contributed by atoms with Gasteiger partial charge in [0.2, 0.25) is 5.91 Å². The van der Waals surface area contributed by atoms with Crippen LogP contribution in [0.25, 0.3) is 11.1 Å². The average molecular weight is 449 g/mol. The van der Waals surface area contributed by atoms with Crippen molar-refractivity contribution in [2.24, 2.45) is 11.8 Å². The highest BCUT2D eigenvalue weighted by Crippen LogP contribution is 2.44. The van der Waals surface area contributed by atoms with Crippen LogP contribution in [0.4, 0.5) is 4.79 Å². The van der Waals surface area contributed by atoms with Crippen LogP contribution in [0.2, 0.25) is 0 Å². The Morgan fingerprint density at radius 1 is 1.03 bits per heavy atom. The highest BCUT2D eigenvalue weighted by Gasteiger charge is 2.30. The number of carboxylic acids is 1. The van der Waals surface area contributed by atoms with Crippen LogP contribution in [0.5, 0.6) is 0 Å². The predicted molar refractivity (Wildman–Crippen MR) is 124 cm³/mol. The number of alkyl carbamates (subject to hydrolysis) is 1. The summed E-state index contributed by atoms with van der Waals surface area (Å²) >= 11 is 0. The van der Waals surface area contributed by atoms with Gasteiger partial charge in [-0.25, -0.2) is 4.79 Å². The van der Waals surface area contributed by atoms with Crippen molar-refractivity contribution in [1.29, 1.82) is 0 Å². The molecule has 3 unspecified atom stereocenters. The lowest BCUT2D eigenvalue weighted by Crippen LogP contribution is -2.36. The van der Waals surface area contributed by atoms with Crippen LogP contribution in [0.15, 0.2) is 60.7 Å². The standard InChI is InChI=1S/C26H28N2O5/c1-16(25(30)31)12-13-27-24(29)17-10-11-18(14-17)28-26(32)33-15-23-21-8-4-2-6-19(21)20-7-3-5-9-22(20)23/h2-11,16-18,23H,12-15H2,1H3,(H,27,29)(H,28,32)(H,30,31). The monoisotopic (exact) mass is 448 g/mol. The minimum absolute atomic E-state index is 0.00556. The number of carbonyl (C=O) groups is 3. The summed E-state index contributed by atoms with van der Waals surface area (Å²) in [5.74, 6) is -1.91. The van der Waals surface area contributed by atoms with E-state index in [1.165, 1.54) is 11.1 Å². The maximum atomic E-state index is 12.4. The van der Waals surface area contributed by atoms with Crippen LogP contribution in [-0.2, 0) is 14.3 Å². The summed E-state index contributed by atoms with van der Waals surface area (Å²) < 4.78 is 5.57. The quantitative estimate of drug-likeness (QED) is 0.534. The van der Waals surface area contributed by atoms with Crippen molar-refractivity contribution in [3.8, 4) is 11.1 Å². The van der Waals surface area contributed by atoms with Gasteiger partial charge >= 0.3 is 12.1 Å². The maximum absolute atomic E-state index is 12.4. The van der Waals surface area contributed by atoms with E-state index in [-0.39, 0.29) is 30.4 Å². The Hall–Kier alpha value is -3.61. The van der Waals surface area contributed by atoms with Gasteiger partial charge in [0.25, 0.3) is 0 Å². The van der Waals surface area contributed by atoms with Crippen molar-refractivity contribution >= 4 is 18.0 Å². The second kappa shape index (κ2) is 9.90. The first kappa shape index (κ1) is 22.6. The van der Waals surface area contributed by atoms with Gasteiger partial charge in [0.05, 0.1) is 17.9 Å². The number of carbonyl (C=O) groups excluding carboxylic acids is 2. The van der Waals surface area contributed by atoms with Gasteiger partial charge in [0.15, 0.2) is 0 Å². The van der Waals surface area contributed by atoms with Crippen molar-refractivity contribution in [3.05, 3.63) is 71.8 Å². The van der Waals surface area contributed by atoms with E-state index < -0.39 is 18.0 Å². The van der Waals surface area contributed by atoms with Gasteiger partial charge in [0.1, 0.15) is 6.61 Å². The van der Waals surface area contributed by atoms with E-state index in [4.69, 9.17) is 9.84 Å².